The van der Waals surface area contributed by atoms with Gasteiger partial charge < -0.3 is 10.1 Å². The van der Waals surface area contributed by atoms with Crippen molar-refractivity contribution in [2.45, 2.75) is 13.3 Å². The number of nitrogens with one attached hydrogen (secondary N) is 1. The summed E-state index contributed by atoms with van der Waals surface area (Å²) in [7, 11) is 1.32. The molecular formula is C14H15ClN2O2S. The van der Waals surface area contributed by atoms with Crippen LogP contribution in [0.5, 0.6) is 0 Å². The lowest BCUT2D eigenvalue weighted by molar-refractivity contribution is 0.0606. The van der Waals surface area contributed by atoms with Gasteiger partial charge in [0.1, 0.15) is 0 Å². The summed E-state index contributed by atoms with van der Waals surface area (Å²) >= 11 is 7.10. The maximum absolute atomic E-state index is 11.4. The van der Waals surface area contributed by atoms with Gasteiger partial charge in [-0.1, -0.05) is 47.2 Å². The number of carbonyl (C=O) groups is 1. The lowest BCUT2D eigenvalue weighted by Crippen LogP contribution is -2.05. The molecule has 0 radical (unpaired) electrons. The highest BCUT2D eigenvalue weighted by atomic mass is 35.5. The molecule has 2 aromatic rings. The number of ether oxygens (including phenoxy) is 1. The van der Waals surface area contributed by atoms with Crippen molar-refractivity contribution in [1.29, 1.82) is 0 Å². The Morgan fingerprint density at radius 2 is 2.20 bits per heavy atom. The second-order valence-corrected chi connectivity index (χ2v) is 5.59. The fourth-order valence-electron chi connectivity index (χ4n) is 1.79. The van der Waals surface area contributed by atoms with Gasteiger partial charge in [-0.15, -0.1) is 0 Å². The maximum atomic E-state index is 11.4. The zero-order chi connectivity index (χ0) is 14.5. The third kappa shape index (κ3) is 3.49. The van der Waals surface area contributed by atoms with E-state index in [-0.39, 0.29) is 5.15 Å². The third-order valence-corrected chi connectivity index (χ3v) is 4.27. The number of aromatic nitrogens is 1. The zero-order valence-corrected chi connectivity index (χ0v) is 12.8. The van der Waals surface area contributed by atoms with E-state index in [0.29, 0.717) is 10.0 Å². The van der Waals surface area contributed by atoms with Crippen molar-refractivity contribution in [3.63, 3.8) is 0 Å². The van der Waals surface area contributed by atoms with Crippen LogP contribution in [-0.4, -0.2) is 24.6 Å². The summed E-state index contributed by atoms with van der Waals surface area (Å²) in [6.45, 7) is 2.82. The molecule has 2 rings (SSSR count). The van der Waals surface area contributed by atoms with Gasteiger partial charge in [-0.2, -0.15) is 0 Å². The molecule has 0 aliphatic rings. The van der Waals surface area contributed by atoms with Crippen molar-refractivity contribution in [3.05, 3.63) is 45.4 Å². The van der Waals surface area contributed by atoms with Crippen molar-refractivity contribution in [2.75, 3.05) is 19.0 Å². The topological polar surface area (TPSA) is 51.2 Å². The Labute approximate surface area is 126 Å². The maximum Gasteiger partial charge on any atom is 0.351 e. The number of hydrogen-bond acceptors (Lipinski definition) is 5. The van der Waals surface area contributed by atoms with Gasteiger partial charge in [0.25, 0.3) is 0 Å². The van der Waals surface area contributed by atoms with Crippen LogP contribution in [0.3, 0.4) is 0 Å². The van der Waals surface area contributed by atoms with Crippen LogP contribution < -0.4 is 5.32 Å². The van der Waals surface area contributed by atoms with E-state index in [2.05, 4.69) is 34.1 Å². The molecule has 0 fully saturated rings. The molecule has 0 amide bonds. The summed E-state index contributed by atoms with van der Waals surface area (Å²) in [4.78, 5) is 15.9. The molecule has 0 unspecified atom stereocenters. The van der Waals surface area contributed by atoms with Crippen LogP contribution in [0.25, 0.3) is 0 Å². The Morgan fingerprint density at radius 3 is 2.90 bits per heavy atom. The quantitative estimate of drug-likeness (QED) is 0.858. The highest BCUT2D eigenvalue weighted by Gasteiger charge is 2.16. The summed E-state index contributed by atoms with van der Waals surface area (Å²) < 4.78 is 4.64. The molecule has 0 atom stereocenters. The van der Waals surface area contributed by atoms with E-state index in [1.165, 1.54) is 29.6 Å². The number of halogens is 1. The summed E-state index contributed by atoms with van der Waals surface area (Å²) in [5.74, 6) is -0.459. The highest BCUT2D eigenvalue weighted by Crippen LogP contribution is 2.27. The normalized spacial score (nSPS) is 10.3. The fraction of sp³-hybridized carbons (Fsp3) is 0.286. The molecule has 6 heteroatoms. The smallest absolute Gasteiger partial charge is 0.351 e. The van der Waals surface area contributed by atoms with Crippen LogP contribution >= 0.6 is 22.9 Å². The number of hydrogen-bond donors (Lipinski definition) is 1. The Kier molecular flexibility index (Phi) is 4.98. The zero-order valence-electron chi connectivity index (χ0n) is 11.3. The molecule has 1 N–H and O–H groups in total. The third-order valence-electron chi connectivity index (χ3n) is 2.89. The molecule has 0 saturated heterocycles. The van der Waals surface area contributed by atoms with Crippen LogP contribution in [-0.2, 0) is 11.2 Å². The van der Waals surface area contributed by atoms with E-state index >= 15 is 0 Å². The molecule has 4 nitrogen and oxygen atoms in total. The second-order valence-electron chi connectivity index (χ2n) is 4.23. The largest absolute Gasteiger partial charge is 0.465 e. The van der Waals surface area contributed by atoms with E-state index in [9.17, 15) is 4.79 Å². The fourth-order valence-corrected chi connectivity index (χ4v) is 2.92. The van der Waals surface area contributed by atoms with Gasteiger partial charge in [-0.05, 0) is 24.5 Å². The Morgan fingerprint density at radius 1 is 1.45 bits per heavy atom. The predicted octanol–water partition coefficient (Wildman–Crippen LogP) is 3.55. The number of methoxy groups -OCH3 is 1. The van der Waals surface area contributed by atoms with Crippen molar-refractivity contribution < 1.29 is 9.53 Å². The molecule has 1 aromatic carbocycles. The van der Waals surface area contributed by atoms with Gasteiger partial charge in [-0.3, -0.25) is 0 Å². The van der Waals surface area contributed by atoms with Crippen LogP contribution in [0.1, 0.15) is 20.8 Å². The average Bonchev–Trinajstić information content (AvgIpc) is 2.81. The van der Waals surface area contributed by atoms with E-state index in [1.807, 2.05) is 12.1 Å². The molecule has 0 saturated carbocycles. The minimum absolute atomic E-state index is 0.181. The number of thiazole rings is 1. The number of rotatable bonds is 5. The molecule has 1 heterocycles. The standard InChI is InChI=1S/C14H15ClN2O2S/c1-9-5-3-4-6-10(9)7-8-16-14-17-12(15)11(20-14)13(18)19-2/h3-6H,7-8H2,1-2H3,(H,16,17). The van der Waals surface area contributed by atoms with Gasteiger partial charge in [0, 0.05) is 6.54 Å². The lowest BCUT2D eigenvalue weighted by Gasteiger charge is -2.05. The number of benzene rings is 1. The van der Waals surface area contributed by atoms with Gasteiger partial charge >= 0.3 is 5.97 Å². The number of nitrogens with zero attached hydrogens (tertiary/aromatic N) is 1. The Bertz CT molecular complexity index is 613. The highest BCUT2D eigenvalue weighted by molar-refractivity contribution is 7.18. The van der Waals surface area contributed by atoms with Crippen LogP contribution in [0.4, 0.5) is 5.13 Å². The SMILES string of the molecule is COC(=O)c1sc(NCCc2ccccc2C)nc1Cl. The van der Waals surface area contributed by atoms with Crippen molar-refractivity contribution in [2.24, 2.45) is 0 Å². The monoisotopic (exact) mass is 310 g/mol. The number of anilines is 1. The summed E-state index contributed by atoms with van der Waals surface area (Å²) in [5, 5.41) is 3.99. The van der Waals surface area contributed by atoms with Gasteiger partial charge in [0.15, 0.2) is 15.2 Å². The first-order valence-corrected chi connectivity index (χ1v) is 7.34. The van der Waals surface area contributed by atoms with Crippen molar-refractivity contribution in [1.82, 2.24) is 4.98 Å². The number of carbonyl (C=O) groups excluding carboxylic acids is 1. The van der Waals surface area contributed by atoms with E-state index in [1.54, 1.807) is 0 Å². The number of aryl methyl sites for hydroxylation is 1. The summed E-state index contributed by atoms with van der Waals surface area (Å²) in [5.41, 5.74) is 2.55. The Hall–Kier alpha value is -1.59. The van der Waals surface area contributed by atoms with E-state index < -0.39 is 5.97 Å². The Balaban J connectivity index is 1.95. The lowest BCUT2D eigenvalue weighted by atomic mass is 10.1. The first-order chi connectivity index (χ1) is 9.61. The first kappa shape index (κ1) is 14.8. The summed E-state index contributed by atoms with van der Waals surface area (Å²) in [6.07, 6.45) is 0.886. The molecule has 0 bridgehead atoms. The first-order valence-electron chi connectivity index (χ1n) is 6.15. The van der Waals surface area contributed by atoms with Crippen LogP contribution in [0.15, 0.2) is 24.3 Å². The number of esters is 1. The molecule has 20 heavy (non-hydrogen) atoms. The van der Waals surface area contributed by atoms with Crippen molar-refractivity contribution >= 4 is 34.0 Å². The van der Waals surface area contributed by atoms with Gasteiger partial charge in [0.2, 0.25) is 0 Å². The summed E-state index contributed by atoms with van der Waals surface area (Å²) in [6, 6.07) is 8.24. The van der Waals surface area contributed by atoms with Crippen molar-refractivity contribution in [3.8, 4) is 0 Å². The minimum Gasteiger partial charge on any atom is -0.465 e. The molecule has 1 aromatic heterocycles. The van der Waals surface area contributed by atoms with Crippen LogP contribution in [0.2, 0.25) is 5.15 Å². The minimum atomic E-state index is -0.459. The van der Waals surface area contributed by atoms with E-state index in [0.717, 1.165) is 13.0 Å². The molecule has 0 spiro atoms. The second kappa shape index (κ2) is 6.72. The van der Waals surface area contributed by atoms with Gasteiger partial charge in [-0.25, -0.2) is 9.78 Å². The molecular weight excluding hydrogens is 296 g/mol. The van der Waals surface area contributed by atoms with E-state index in [4.69, 9.17) is 11.6 Å². The molecule has 0 aliphatic carbocycles. The predicted molar refractivity (Wildman–Crippen MR) is 81.8 cm³/mol. The van der Waals surface area contributed by atoms with Crippen LogP contribution in [0, 0.1) is 6.92 Å². The molecule has 0 aliphatic heterocycles. The van der Waals surface area contributed by atoms with Gasteiger partial charge in [0.05, 0.1) is 7.11 Å². The average molecular weight is 311 g/mol. The molecule has 106 valence electrons.